The summed E-state index contributed by atoms with van der Waals surface area (Å²) in [6.07, 6.45) is 5.22. The topological polar surface area (TPSA) is 64.6 Å². The minimum absolute atomic E-state index is 0.0196. The Bertz CT molecular complexity index is 615. The van der Waals surface area contributed by atoms with Gasteiger partial charge in [0.1, 0.15) is 0 Å². The van der Waals surface area contributed by atoms with E-state index in [9.17, 15) is 22.8 Å². The third kappa shape index (κ3) is 5.11. The molecule has 0 spiro atoms. The molecule has 2 atom stereocenters. The van der Waals surface area contributed by atoms with E-state index in [4.69, 9.17) is 4.74 Å². The lowest BCUT2D eigenvalue weighted by Crippen LogP contribution is -2.52. The van der Waals surface area contributed by atoms with Gasteiger partial charge in [0.2, 0.25) is 5.91 Å². The van der Waals surface area contributed by atoms with Gasteiger partial charge in [0.15, 0.2) is 6.61 Å². The van der Waals surface area contributed by atoms with Crippen molar-refractivity contribution in [3.05, 3.63) is 0 Å². The number of amides is 1. The smallest absolute Gasteiger partial charge is 0.422 e. The van der Waals surface area contributed by atoms with Gasteiger partial charge in [0.25, 0.3) is 0 Å². The van der Waals surface area contributed by atoms with Crippen LogP contribution in [0.4, 0.5) is 13.2 Å². The van der Waals surface area contributed by atoms with Crippen LogP contribution in [0.5, 0.6) is 0 Å². The van der Waals surface area contributed by atoms with Crippen LogP contribution in [-0.2, 0) is 19.1 Å². The van der Waals surface area contributed by atoms with E-state index in [2.05, 4.69) is 10.1 Å². The summed E-state index contributed by atoms with van der Waals surface area (Å²) in [5.74, 6) is -0.261. The predicted octanol–water partition coefficient (Wildman–Crippen LogP) is 4.00. The number of rotatable bonds is 7. The molecule has 0 aliphatic heterocycles. The van der Waals surface area contributed by atoms with Gasteiger partial charge in [0.05, 0.1) is 24.0 Å². The highest BCUT2D eigenvalue weighted by Crippen LogP contribution is 2.57. The summed E-state index contributed by atoms with van der Waals surface area (Å²) in [5.41, 5.74) is -0.0196. The molecule has 8 heteroatoms. The van der Waals surface area contributed by atoms with Gasteiger partial charge in [-0.2, -0.15) is 13.2 Å². The predicted molar refractivity (Wildman–Crippen MR) is 102 cm³/mol. The molecule has 0 aromatic carbocycles. The molecule has 1 N–H and O–H groups in total. The maximum absolute atomic E-state index is 12.6. The van der Waals surface area contributed by atoms with Crippen LogP contribution in [0.15, 0.2) is 0 Å². The standard InChI is InChI=1S/C22H32F3NO4/c23-22(24,25)13-29-20(28)18-4-2-1-3-17(18)19(27)26-5-6-30-21-10-14-7-15(11-21)9-16(8-14)12-21/h14-18H,1-13H2,(H,26,27)/t14?,15?,16?,17-,18+,21?/m0/s1. The largest absolute Gasteiger partial charge is 0.456 e. The molecule has 5 saturated carbocycles. The van der Waals surface area contributed by atoms with Crippen molar-refractivity contribution in [1.82, 2.24) is 5.32 Å². The summed E-state index contributed by atoms with van der Waals surface area (Å²) in [7, 11) is 0. The Kier molecular flexibility index (Phi) is 6.33. The highest BCUT2D eigenvalue weighted by molar-refractivity contribution is 5.85. The van der Waals surface area contributed by atoms with Crippen LogP contribution in [-0.4, -0.2) is 43.4 Å². The van der Waals surface area contributed by atoms with E-state index < -0.39 is 30.6 Å². The number of esters is 1. The zero-order valence-electron chi connectivity index (χ0n) is 17.3. The Morgan fingerprint density at radius 1 is 0.933 bits per heavy atom. The molecule has 0 heterocycles. The summed E-state index contributed by atoms with van der Waals surface area (Å²) in [5, 5.41) is 2.85. The van der Waals surface area contributed by atoms with Crippen molar-refractivity contribution < 1.29 is 32.2 Å². The summed E-state index contributed by atoms with van der Waals surface area (Å²) < 4.78 is 47.7. The molecule has 0 aromatic rings. The lowest BCUT2D eigenvalue weighted by molar-refractivity contribution is -0.191. The number of nitrogens with one attached hydrogen (secondary N) is 1. The van der Waals surface area contributed by atoms with E-state index in [1.54, 1.807) is 0 Å². The summed E-state index contributed by atoms with van der Waals surface area (Å²) in [4.78, 5) is 24.8. The van der Waals surface area contributed by atoms with Crippen molar-refractivity contribution in [2.75, 3.05) is 19.8 Å². The van der Waals surface area contributed by atoms with Crippen molar-refractivity contribution >= 4 is 11.9 Å². The van der Waals surface area contributed by atoms with Gasteiger partial charge >= 0.3 is 12.1 Å². The molecule has 0 aromatic heterocycles. The molecule has 5 fully saturated rings. The van der Waals surface area contributed by atoms with Crippen LogP contribution in [0.3, 0.4) is 0 Å². The average molecular weight is 431 g/mol. The Morgan fingerprint density at radius 3 is 2.07 bits per heavy atom. The van der Waals surface area contributed by atoms with E-state index in [-0.39, 0.29) is 11.5 Å². The van der Waals surface area contributed by atoms with Crippen LogP contribution in [0, 0.1) is 29.6 Å². The number of ether oxygens (including phenoxy) is 2. The number of carbonyl (C=O) groups excluding carboxylic acids is 2. The molecule has 1 amide bonds. The maximum Gasteiger partial charge on any atom is 0.422 e. The number of carbonyl (C=O) groups is 2. The second-order valence-electron chi connectivity index (χ2n) is 9.96. The lowest BCUT2D eigenvalue weighted by Gasteiger charge is -2.56. The Hall–Kier alpha value is -1.31. The number of halogens is 3. The Labute approximate surface area is 175 Å². The molecular weight excluding hydrogens is 399 g/mol. The third-order valence-corrected chi connectivity index (χ3v) is 7.58. The molecular formula is C22H32F3NO4. The van der Waals surface area contributed by atoms with Gasteiger partial charge in [-0.15, -0.1) is 0 Å². The number of alkyl halides is 3. The van der Waals surface area contributed by atoms with E-state index in [1.807, 2.05) is 0 Å². The molecule has 5 aliphatic carbocycles. The Balaban J connectivity index is 1.23. The fourth-order valence-corrected chi connectivity index (χ4v) is 6.77. The highest BCUT2D eigenvalue weighted by Gasteiger charge is 2.51. The molecule has 0 radical (unpaired) electrons. The second-order valence-corrected chi connectivity index (χ2v) is 9.96. The van der Waals surface area contributed by atoms with Crippen molar-refractivity contribution in [3.63, 3.8) is 0 Å². The monoisotopic (exact) mass is 431 g/mol. The highest BCUT2D eigenvalue weighted by atomic mass is 19.4. The minimum atomic E-state index is -4.56. The van der Waals surface area contributed by atoms with E-state index in [0.717, 1.165) is 43.4 Å². The molecule has 0 saturated heterocycles. The van der Waals surface area contributed by atoms with Gasteiger partial charge in [-0.05, 0) is 69.1 Å². The first-order chi connectivity index (χ1) is 14.2. The quantitative estimate of drug-likeness (QED) is 0.489. The van der Waals surface area contributed by atoms with Gasteiger partial charge in [-0.25, -0.2) is 0 Å². The minimum Gasteiger partial charge on any atom is -0.456 e. The third-order valence-electron chi connectivity index (χ3n) is 7.58. The molecule has 30 heavy (non-hydrogen) atoms. The van der Waals surface area contributed by atoms with Crippen LogP contribution >= 0.6 is 0 Å². The zero-order valence-corrected chi connectivity index (χ0v) is 17.3. The molecule has 5 aliphatic rings. The van der Waals surface area contributed by atoms with Crippen LogP contribution < -0.4 is 5.32 Å². The maximum atomic E-state index is 12.6. The van der Waals surface area contributed by atoms with Gasteiger partial charge < -0.3 is 14.8 Å². The second kappa shape index (κ2) is 8.67. The first kappa shape index (κ1) is 21.9. The van der Waals surface area contributed by atoms with Gasteiger partial charge in [-0.1, -0.05) is 12.8 Å². The van der Waals surface area contributed by atoms with Crippen molar-refractivity contribution in [2.45, 2.75) is 76.0 Å². The Morgan fingerprint density at radius 2 is 1.50 bits per heavy atom. The number of hydrogen-bond donors (Lipinski definition) is 1. The normalized spacial score (nSPS) is 37.8. The summed E-state index contributed by atoms with van der Waals surface area (Å²) in [6.45, 7) is -0.801. The molecule has 5 nitrogen and oxygen atoms in total. The lowest BCUT2D eigenvalue weighted by atomic mass is 9.54. The van der Waals surface area contributed by atoms with E-state index in [1.165, 1.54) is 19.3 Å². The van der Waals surface area contributed by atoms with Crippen molar-refractivity contribution in [2.24, 2.45) is 29.6 Å². The fourth-order valence-electron chi connectivity index (χ4n) is 6.77. The molecule has 170 valence electrons. The van der Waals surface area contributed by atoms with E-state index in [0.29, 0.717) is 32.4 Å². The molecule has 5 rings (SSSR count). The van der Waals surface area contributed by atoms with E-state index >= 15 is 0 Å². The zero-order chi connectivity index (χ0) is 21.4. The van der Waals surface area contributed by atoms with Crippen LogP contribution in [0.1, 0.15) is 64.2 Å². The number of hydrogen-bond acceptors (Lipinski definition) is 4. The SMILES string of the molecule is O=C(NCCOC12CC3CC(CC(C3)C1)C2)[C@H]1CCCC[C@H]1C(=O)OCC(F)(F)F. The summed E-state index contributed by atoms with van der Waals surface area (Å²) in [6, 6.07) is 0. The van der Waals surface area contributed by atoms with Crippen LogP contribution in [0.25, 0.3) is 0 Å². The van der Waals surface area contributed by atoms with Crippen molar-refractivity contribution in [3.8, 4) is 0 Å². The summed E-state index contributed by atoms with van der Waals surface area (Å²) >= 11 is 0. The molecule has 4 bridgehead atoms. The van der Waals surface area contributed by atoms with Crippen molar-refractivity contribution in [1.29, 1.82) is 0 Å². The van der Waals surface area contributed by atoms with Gasteiger partial charge in [-0.3, -0.25) is 9.59 Å². The fraction of sp³-hybridized carbons (Fsp3) is 0.909. The average Bonchev–Trinajstić information content (AvgIpc) is 2.67. The first-order valence-corrected chi connectivity index (χ1v) is 11.4. The molecule has 0 unspecified atom stereocenters. The van der Waals surface area contributed by atoms with Crippen LogP contribution in [0.2, 0.25) is 0 Å². The first-order valence-electron chi connectivity index (χ1n) is 11.4. The van der Waals surface area contributed by atoms with Gasteiger partial charge in [0, 0.05) is 6.54 Å².